The highest BCUT2D eigenvalue weighted by atomic mass is 35.5. The van der Waals surface area contributed by atoms with Crippen LogP contribution >= 0.6 is 11.6 Å². The Labute approximate surface area is 220 Å². The molecule has 2 aromatic rings. The Morgan fingerprint density at radius 2 is 2.03 bits per heavy atom. The number of aliphatic imine (C=N–C) groups is 1. The molecule has 1 N–H and O–H groups in total. The van der Waals surface area contributed by atoms with Crippen molar-refractivity contribution in [2.24, 2.45) is 10.9 Å². The van der Waals surface area contributed by atoms with Gasteiger partial charge in [0.15, 0.2) is 6.23 Å². The van der Waals surface area contributed by atoms with Crippen molar-refractivity contribution in [3.05, 3.63) is 98.2 Å². The van der Waals surface area contributed by atoms with Gasteiger partial charge in [-0.25, -0.2) is 4.39 Å². The standard InChI is InChI=1S/C28H30ClFN4O3/c1-6-11-31-23(18-8-7-9-19(26(18)30)27(35)33(4)5)10-12-34-16(2)13-22(25(29)28(34)36)20-14-21(20)24-15-37-17(3)32-24/h6-13,15,17,20-21,32H,14H2,1-5H3/b11-6+,12-10+,31-23-. The fourth-order valence-electron chi connectivity index (χ4n) is 4.40. The number of carbonyl (C=O) groups is 1. The van der Waals surface area contributed by atoms with Crippen LogP contribution in [0.1, 0.15) is 53.4 Å². The molecule has 0 radical (unpaired) electrons. The van der Waals surface area contributed by atoms with E-state index in [-0.39, 0.29) is 45.5 Å². The molecule has 1 saturated carbocycles. The molecule has 1 aliphatic carbocycles. The second kappa shape index (κ2) is 10.8. The molecular formula is C28H30ClFN4O3. The number of amides is 1. The summed E-state index contributed by atoms with van der Waals surface area (Å²) in [4.78, 5) is 31.3. The number of nitrogens with one attached hydrogen (secondary N) is 1. The molecule has 1 aromatic carbocycles. The van der Waals surface area contributed by atoms with Crippen molar-refractivity contribution in [3.8, 4) is 0 Å². The van der Waals surface area contributed by atoms with Crippen molar-refractivity contribution in [2.45, 2.75) is 39.3 Å². The molecule has 194 valence electrons. The van der Waals surface area contributed by atoms with Gasteiger partial charge in [-0.3, -0.25) is 19.1 Å². The number of allylic oxidation sites excluding steroid dienone is 3. The highest BCUT2D eigenvalue weighted by Gasteiger charge is 2.44. The molecule has 4 rings (SSSR count). The molecule has 3 atom stereocenters. The van der Waals surface area contributed by atoms with Crippen molar-refractivity contribution in [3.63, 3.8) is 0 Å². The van der Waals surface area contributed by atoms with Gasteiger partial charge >= 0.3 is 0 Å². The third kappa shape index (κ3) is 5.39. The highest BCUT2D eigenvalue weighted by Crippen LogP contribution is 2.53. The van der Waals surface area contributed by atoms with Crippen LogP contribution in [-0.4, -0.2) is 41.4 Å². The minimum absolute atomic E-state index is 0.0588. The fourth-order valence-corrected chi connectivity index (χ4v) is 4.68. The number of benzene rings is 1. The van der Waals surface area contributed by atoms with Gasteiger partial charge in [0, 0.05) is 43.7 Å². The number of pyridine rings is 1. The summed E-state index contributed by atoms with van der Waals surface area (Å²) in [5.41, 5.74) is 2.50. The summed E-state index contributed by atoms with van der Waals surface area (Å²) in [6.45, 7) is 5.54. The van der Waals surface area contributed by atoms with Gasteiger partial charge in [0.2, 0.25) is 0 Å². The molecule has 0 saturated heterocycles. The van der Waals surface area contributed by atoms with Gasteiger partial charge in [0.1, 0.15) is 17.1 Å². The molecule has 7 nitrogen and oxygen atoms in total. The highest BCUT2D eigenvalue weighted by molar-refractivity contribution is 6.31. The van der Waals surface area contributed by atoms with Crippen molar-refractivity contribution in [1.29, 1.82) is 0 Å². The number of hydrogen-bond donors (Lipinski definition) is 1. The van der Waals surface area contributed by atoms with E-state index in [1.165, 1.54) is 27.9 Å². The lowest BCUT2D eigenvalue weighted by Crippen LogP contribution is -2.23. The van der Waals surface area contributed by atoms with Gasteiger partial charge in [-0.05, 0) is 62.9 Å². The van der Waals surface area contributed by atoms with E-state index in [2.05, 4.69) is 10.3 Å². The van der Waals surface area contributed by atoms with Gasteiger partial charge in [0.25, 0.3) is 11.5 Å². The Kier molecular flexibility index (Phi) is 7.68. The van der Waals surface area contributed by atoms with Crippen LogP contribution < -0.4 is 10.9 Å². The monoisotopic (exact) mass is 524 g/mol. The summed E-state index contributed by atoms with van der Waals surface area (Å²) < 4.78 is 22.2. The number of ether oxygens (including phenoxy) is 1. The molecule has 2 heterocycles. The first kappa shape index (κ1) is 26.4. The van der Waals surface area contributed by atoms with Crippen LogP contribution in [0.3, 0.4) is 0 Å². The van der Waals surface area contributed by atoms with E-state index in [0.29, 0.717) is 5.69 Å². The number of carbonyl (C=O) groups excluding carboxylic acids is 1. The summed E-state index contributed by atoms with van der Waals surface area (Å²) in [5.74, 6) is -0.749. The number of hydrogen-bond acceptors (Lipinski definition) is 5. The number of rotatable bonds is 7. The zero-order chi connectivity index (χ0) is 26.9. The molecule has 9 heteroatoms. The summed E-state index contributed by atoms with van der Waals surface area (Å²) in [5, 5.41) is 3.45. The molecule has 1 aliphatic heterocycles. The van der Waals surface area contributed by atoms with E-state index < -0.39 is 11.7 Å². The maximum Gasteiger partial charge on any atom is 0.273 e. The molecular weight excluding hydrogens is 495 g/mol. The van der Waals surface area contributed by atoms with Crippen LogP contribution in [0.25, 0.3) is 6.20 Å². The summed E-state index contributed by atoms with van der Waals surface area (Å²) in [7, 11) is 3.12. The van der Waals surface area contributed by atoms with Crippen molar-refractivity contribution in [1.82, 2.24) is 14.8 Å². The zero-order valence-corrected chi connectivity index (χ0v) is 22.2. The Balaban J connectivity index is 1.66. The van der Waals surface area contributed by atoms with Crippen LogP contribution in [-0.2, 0) is 4.74 Å². The van der Waals surface area contributed by atoms with E-state index in [1.54, 1.807) is 51.6 Å². The topological polar surface area (TPSA) is 75.9 Å². The minimum atomic E-state index is -0.681. The Hall–Kier alpha value is -3.65. The third-order valence-electron chi connectivity index (χ3n) is 6.42. The second-order valence-corrected chi connectivity index (χ2v) is 9.73. The van der Waals surface area contributed by atoms with Gasteiger partial charge in [-0.1, -0.05) is 23.7 Å². The summed E-state index contributed by atoms with van der Waals surface area (Å²) in [6.07, 6.45) is 8.86. The molecule has 0 spiro atoms. The first-order chi connectivity index (χ1) is 17.6. The van der Waals surface area contributed by atoms with E-state index in [1.807, 2.05) is 19.9 Å². The maximum absolute atomic E-state index is 15.4. The lowest BCUT2D eigenvalue weighted by atomic mass is 10.0. The van der Waals surface area contributed by atoms with Crippen molar-refractivity contribution < 1.29 is 13.9 Å². The van der Waals surface area contributed by atoms with Crippen LogP contribution in [0.4, 0.5) is 4.39 Å². The van der Waals surface area contributed by atoms with Crippen LogP contribution in [0, 0.1) is 18.7 Å². The quantitative estimate of drug-likeness (QED) is 0.514. The van der Waals surface area contributed by atoms with Gasteiger partial charge < -0.3 is 15.0 Å². The Bertz CT molecular complexity index is 1410. The maximum atomic E-state index is 15.4. The van der Waals surface area contributed by atoms with Crippen molar-refractivity contribution in [2.75, 3.05) is 14.1 Å². The summed E-state index contributed by atoms with van der Waals surface area (Å²) >= 11 is 6.55. The molecule has 37 heavy (non-hydrogen) atoms. The minimum Gasteiger partial charge on any atom is -0.477 e. The normalized spacial score (nSPS) is 21.2. The van der Waals surface area contributed by atoms with Crippen LogP contribution in [0.2, 0.25) is 5.02 Å². The van der Waals surface area contributed by atoms with Gasteiger partial charge in [-0.15, -0.1) is 0 Å². The van der Waals surface area contributed by atoms with Crippen LogP contribution in [0.5, 0.6) is 0 Å². The number of nitrogens with zero attached hydrogens (tertiary/aromatic N) is 3. The van der Waals surface area contributed by atoms with E-state index >= 15 is 4.39 Å². The second-order valence-electron chi connectivity index (χ2n) is 9.35. The predicted octanol–water partition coefficient (Wildman–Crippen LogP) is 5.06. The molecule has 2 aliphatic rings. The van der Waals surface area contributed by atoms with E-state index in [4.69, 9.17) is 16.3 Å². The number of aryl methyl sites for hydroxylation is 1. The first-order valence-corrected chi connectivity index (χ1v) is 12.4. The SMILES string of the molecule is C/C=C/N=C(/C=C/n1c(C)cc(C2CC2C2=COC(C)N2)c(Cl)c1=O)c1cccc(C(=O)N(C)C)c1F. The lowest BCUT2D eigenvalue weighted by molar-refractivity contribution is 0.0823. The summed E-state index contributed by atoms with van der Waals surface area (Å²) in [6, 6.07) is 6.49. The van der Waals surface area contributed by atoms with Crippen molar-refractivity contribution >= 4 is 29.4 Å². The Morgan fingerprint density at radius 1 is 1.30 bits per heavy atom. The molecule has 0 bridgehead atoms. The average molecular weight is 525 g/mol. The van der Waals surface area contributed by atoms with E-state index in [9.17, 15) is 9.59 Å². The largest absolute Gasteiger partial charge is 0.477 e. The smallest absolute Gasteiger partial charge is 0.273 e. The Morgan fingerprint density at radius 3 is 2.68 bits per heavy atom. The van der Waals surface area contributed by atoms with E-state index in [0.717, 1.165) is 17.7 Å². The first-order valence-electron chi connectivity index (χ1n) is 12.0. The fraction of sp³-hybridized carbons (Fsp3) is 0.321. The molecule has 1 fully saturated rings. The predicted molar refractivity (Wildman–Crippen MR) is 144 cm³/mol. The van der Waals surface area contributed by atoms with Gasteiger partial charge in [0.05, 0.1) is 17.0 Å². The molecule has 1 aromatic heterocycles. The average Bonchev–Trinajstić information content (AvgIpc) is 3.54. The molecule has 3 unspecified atom stereocenters. The number of halogens is 2. The van der Waals surface area contributed by atoms with Crippen LogP contribution in [0.15, 0.2) is 64.4 Å². The number of aromatic nitrogens is 1. The zero-order valence-electron chi connectivity index (χ0n) is 21.5. The van der Waals surface area contributed by atoms with Gasteiger partial charge in [-0.2, -0.15) is 0 Å². The molecule has 1 amide bonds. The lowest BCUT2D eigenvalue weighted by Gasteiger charge is -2.13. The third-order valence-corrected chi connectivity index (χ3v) is 6.80.